The van der Waals surface area contributed by atoms with E-state index in [1.807, 2.05) is 30.7 Å². The monoisotopic (exact) mass is 203 g/mol. The van der Waals surface area contributed by atoms with Gasteiger partial charge in [-0.3, -0.25) is 10.1 Å². The van der Waals surface area contributed by atoms with Crippen LogP contribution in [0.3, 0.4) is 0 Å². The van der Waals surface area contributed by atoms with Crippen molar-refractivity contribution in [2.45, 2.75) is 13.8 Å². The van der Waals surface area contributed by atoms with Crippen molar-refractivity contribution in [2.75, 3.05) is 11.2 Å². The summed E-state index contributed by atoms with van der Waals surface area (Å²) in [6, 6.07) is 7.57. The first kappa shape index (κ1) is 9.51. The number of aryl methyl sites for hydroxylation is 2. The lowest BCUT2D eigenvalue weighted by molar-refractivity contribution is 0.858. The predicted octanol–water partition coefficient (Wildman–Crippen LogP) is 1.35. The molecule has 0 atom stereocenters. The second kappa shape index (κ2) is 3.61. The van der Waals surface area contributed by atoms with E-state index < -0.39 is 0 Å². The smallest absolute Gasteiger partial charge is 0.167 e. The van der Waals surface area contributed by atoms with Crippen LogP contribution < -0.4 is 11.2 Å². The summed E-state index contributed by atoms with van der Waals surface area (Å²) in [5.41, 5.74) is 10.8. The number of anilines is 2. The van der Waals surface area contributed by atoms with E-state index in [0.717, 1.165) is 11.4 Å². The molecule has 2 heterocycles. The van der Waals surface area contributed by atoms with E-state index in [-0.39, 0.29) is 0 Å². The normalized spacial score (nSPS) is 10.3. The number of nitrogens with one attached hydrogen (secondary N) is 1. The number of aromatic nitrogens is 3. The van der Waals surface area contributed by atoms with Crippen molar-refractivity contribution in [3.8, 4) is 0 Å². The number of hydrogen-bond acceptors (Lipinski definition) is 4. The van der Waals surface area contributed by atoms with E-state index in [2.05, 4.69) is 15.6 Å². The average molecular weight is 203 g/mol. The molecule has 0 aliphatic heterocycles. The SMILES string of the molecule is Cc1ccc(C)n1Nc1ccc(N)nn1. The first-order chi connectivity index (χ1) is 7.16. The van der Waals surface area contributed by atoms with Crippen LogP contribution in [-0.2, 0) is 0 Å². The zero-order valence-electron chi connectivity index (χ0n) is 8.73. The molecule has 0 bridgehead atoms. The topological polar surface area (TPSA) is 68.8 Å². The Balaban J connectivity index is 2.25. The third-order valence-electron chi connectivity index (χ3n) is 2.18. The van der Waals surface area contributed by atoms with E-state index in [0.29, 0.717) is 11.6 Å². The maximum Gasteiger partial charge on any atom is 0.167 e. The predicted molar refractivity (Wildman–Crippen MR) is 59.4 cm³/mol. The molecule has 0 aliphatic carbocycles. The van der Waals surface area contributed by atoms with Gasteiger partial charge in [-0.05, 0) is 38.1 Å². The highest BCUT2D eigenvalue weighted by Crippen LogP contribution is 2.09. The van der Waals surface area contributed by atoms with Crippen LogP contribution in [0.1, 0.15) is 11.4 Å². The molecule has 15 heavy (non-hydrogen) atoms. The number of hydrogen-bond donors (Lipinski definition) is 2. The molecule has 5 heteroatoms. The second-order valence-corrected chi connectivity index (χ2v) is 3.41. The summed E-state index contributed by atoms with van der Waals surface area (Å²) in [6.07, 6.45) is 0. The minimum absolute atomic E-state index is 0.418. The van der Waals surface area contributed by atoms with Gasteiger partial charge in [0, 0.05) is 11.4 Å². The van der Waals surface area contributed by atoms with Gasteiger partial charge >= 0.3 is 0 Å². The van der Waals surface area contributed by atoms with E-state index in [1.54, 1.807) is 12.1 Å². The number of rotatable bonds is 2. The van der Waals surface area contributed by atoms with Crippen molar-refractivity contribution in [1.82, 2.24) is 14.9 Å². The van der Waals surface area contributed by atoms with Crippen molar-refractivity contribution < 1.29 is 0 Å². The first-order valence-corrected chi connectivity index (χ1v) is 4.68. The molecule has 0 aliphatic rings. The van der Waals surface area contributed by atoms with Crippen molar-refractivity contribution in [1.29, 1.82) is 0 Å². The Morgan fingerprint density at radius 2 is 1.73 bits per heavy atom. The summed E-state index contributed by atoms with van der Waals surface area (Å²) in [5.74, 6) is 1.09. The molecule has 0 fully saturated rings. The zero-order chi connectivity index (χ0) is 10.8. The number of nitrogens with two attached hydrogens (primary N) is 1. The maximum absolute atomic E-state index is 5.45. The molecule has 0 saturated heterocycles. The molecule has 0 spiro atoms. The number of nitrogens with zero attached hydrogens (tertiary/aromatic N) is 3. The van der Waals surface area contributed by atoms with Gasteiger partial charge in [0.15, 0.2) is 5.82 Å². The fourth-order valence-corrected chi connectivity index (χ4v) is 1.36. The van der Waals surface area contributed by atoms with Crippen LogP contribution in [0.4, 0.5) is 11.6 Å². The summed E-state index contributed by atoms with van der Waals surface area (Å²) in [4.78, 5) is 0. The van der Waals surface area contributed by atoms with E-state index >= 15 is 0 Å². The summed E-state index contributed by atoms with van der Waals surface area (Å²) in [6.45, 7) is 4.04. The Bertz CT molecular complexity index is 438. The highest BCUT2D eigenvalue weighted by Gasteiger charge is 2.01. The molecule has 0 saturated carbocycles. The highest BCUT2D eigenvalue weighted by atomic mass is 15.4. The van der Waals surface area contributed by atoms with Crippen molar-refractivity contribution in [3.63, 3.8) is 0 Å². The molecule has 0 aromatic carbocycles. The summed E-state index contributed by atoms with van der Waals surface area (Å²) in [5, 5.41) is 7.70. The van der Waals surface area contributed by atoms with Gasteiger partial charge in [0.1, 0.15) is 5.82 Å². The second-order valence-electron chi connectivity index (χ2n) is 3.41. The van der Waals surface area contributed by atoms with Gasteiger partial charge in [0.05, 0.1) is 0 Å². The fraction of sp³-hybridized carbons (Fsp3) is 0.200. The van der Waals surface area contributed by atoms with Crippen LogP contribution in [0.15, 0.2) is 24.3 Å². The van der Waals surface area contributed by atoms with Gasteiger partial charge in [0.2, 0.25) is 0 Å². The zero-order valence-corrected chi connectivity index (χ0v) is 8.73. The molecule has 0 unspecified atom stereocenters. The molecule has 2 aromatic rings. The molecular weight excluding hydrogens is 190 g/mol. The quantitative estimate of drug-likeness (QED) is 0.773. The Morgan fingerprint density at radius 1 is 1.07 bits per heavy atom. The van der Waals surface area contributed by atoms with Gasteiger partial charge in [-0.15, -0.1) is 10.2 Å². The minimum atomic E-state index is 0.418. The van der Waals surface area contributed by atoms with E-state index in [9.17, 15) is 0 Å². The van der Waals surface area contributed by atoms with Gasteiger partial charge in [0.25, 0.3) is 0 Å². The van der Waals surface area contributed by atoms with Gasteiger partial charge in [-0.2, -0.15) is 0 Å². The van der Waals surface area contributed by atoms with Gasteiger partial charge < -0.3 is 5.73 Å². The highest BCUT2D eigenvalue weighted by molar-refractivity contribution is 5.39. The molecule has 2 rings (SSSR count). The molecule has 78 valence electrons. The van der Waals surface area contributed by atoms with Crippen molar-refractivity contribution >= 4 is 11.6 Å². The summed E-state index contributed by atoms with van der Waals surface area (Å²) < 4.78 is 1.94. The van der Waals surface area contributed by atoms with Crippen LogP contribution in [0, 0.1) is 13.8 Å². The molecule has 0 amide bonds. The lowest BCUT2D eigenvalue weighted by Crippen LogP contribution is -2.13. The molecule has 5 nitrogen and oxygen atoms in total. The molecule has 3 N–H and O–H groups in total. The van der Waals surface area contributed by atoms with Crippen LogP contribution >= 0.6 is 0 Å². The molecule has 2 aromatic heterocycles. The Labute approximate surface area is 87.9 Å². The van der Waals surface area contributed by atoms with Gasteiger partial charge in [-0.25, -0.2) is 0 Å². The Hall–Kier alpha value is -2.04. The number of nitrogen functional groups attached to an aromatic ring is 1. The summed E-state index contributed by atoms with van der Waals surface area (Å²) >= 11 is 0. The largest absolute Gasteiger partial charge is 0.382 e. The van der Waals surface area contributed by atoms with Gasteiger partial charge in [-0.1, -0.05) is 0 Å². The standard InChI is InChI=1S/C10H13N5/c1-7-3-4-8(2)15(7)14-10-6-5-9(11)12-13-10/h3-6H,1-2H3,(H2,11,12)(H,13,14). The van der Waals surface area contributed by atoms with Crippen LogP contribution in [0.25, 0.3) is 0 Å². The lowest BCUT2D eigenvalue weighted by Gasteiger charge is -2.10. The summed E-state index contributed by atoms with van der Waals surface area (Å²) in [7, 11) is 0. The third-order valence-corrected chi connectivity index (χ3v) is 2.18. The Kier molecular flexibility index (Phi) is 2.29. The minimum Gasteiger partial charge on any atom is -0.382 e. The van der Waals surface area contributed by atoms with Crippen LogP contribution in [0.2, 0.25) is 0 Å². The van der Waals surface area contributed by atoms with E-state index in [1.165, 1.54) is 0 Å². The Morgan fingerprint density at radius 3 is 2.27 bits per heavy atom. The van der Waals surface area contributed by atoms with Crippen LogP contribution in [-0.4, -0.2) is 14.9 Å². The lowest BCUT2D eigenvalue weighted by atomic mass is 10.5. The average Bonchev–Trinajstić information content (AvgIpc) is 2.53. The van der Waals surface area contributed by atoms with E-state index in [4.69, 9.17) is 5.73 Å². The van der Waals surface area contributed by atoms with Crippen LogP contribution in [0.5, 0.6) is 0 Å². The molecule has 0 radical (unpaired) electrons. The third kappa shape index (κ3) is 1.90. The fourth-order valence-electron chi connectivity index (χ4n) is 1.36. The molecular formula is C10H13N5. The van der Waals surface area contributed by atoms with Crippen molar-refractivity contribution in [2.24, 2.45) is 0 Å². The first-order valence-electron chi connectivity index (χ1n) is 4.68. The van der Waals surface area contributed by atoms with Crippen molar-refractivity contribution in [3.05, 3.63) is 35.7 Å². The maximum atomic E-state index is 5.45.